The van der Waals surface area contributed by atoms with Gasteiger partial charge in [-0.05, 0) is 42.0 Å². The molecule has 1 aromatic carbocycles. The van der Waals surface area contributed by atoms with E-state index >= 15 is 0 Å². The number of benzene rings is 1. The first kappa shape index (κ1) is 11.3. The second-order valence-electron chi connectivity index (χ2n) is 4.54. The second kappa shape index (κ2) is 4.14. The Morgan fingerprint density at radius 2 is 2.00 bits per heavy atom. The molecule has 1 aliphatic carbocycles. The van der Waals surface area contributed by atoms with Crippen LogP contribution in [0.25, 0.3) is 10.4 Å². The van der Waals surface area contributed by atoms with E-state index in [0.717, 1.165) is 23.3 Å². The molecular weight excluding hydrogens is 246 g/mol. The highest BCUT2D eigenvalue weighted by Gasteiger charge is 2.16. The molecule has 3 rings (SSSR count). The molecule has 0 aliphatic heterocycles. The number of aryl methyl sites for hydroxylation is 2. The van der Waals surface area contributed by atoms with Crippen molar-refractivity contribution in [3.63, 3.8) is 0 Å². The zero-order valence-corrected chi connectivity index (χ0v) is 10.6. The normalized spacial score (nSPS) is 13.6. The van der Waals surface area contributed by atoms with Gasteiger partial charge in [-0.2, -0.15) is 0 Å². The molecule has 0 saturated heterocycles. The smallest absolute Gasteiger partial charge is 0.348 e. The quantitative estimate of drug-likeness (QED) is 0.870. The fraction of sp³-hybridized carbons (Fsp3) is 0.214. The summed E-state index contributed by atoms with van der Waals surface area (Å²) in [5.74, 6) is -0.954. The number of carboxylic acids is 1. The van der Waals surface area contributed by atoms with Gasteiger partial charge in [-0.15, -0.1) is 11.3 Å². The summed E-state index contributed by atoms with van der Waals surface area (Å²) in [6.07, 6.45) is 3.49. The van der Waals surface area contributed by atoms with Gasteiger partial charge in [0.2, 0.25) is 0 Å². The Morgan fingerprint density at radius 3 is 2.72 bits per heavy atom. The number of aromatic carboxylic acids is 1. The van der Waals surface area contributed by atoms with E-state index < -0.39 is 5.97 Å². The minimum atomic E-state index is -0.954. The summed E-state index contributed by atoms with van der Waals surface area (Å²) in [7, 11) is 0. The van der Waals surface area contributed by atoms with Gasteiger partial charge >= 0.3 is 5.97 Å². The van der Waals surface area contributed by atoms with Crippen molar-refractivity contribution in [2.45, 2.75) is 19.3 Å². The fourth-order valence-corrected chi connectivity index (χ4v) is 3.35. The summed E-state index contributed by atoms with van der Waals surface area (Å²) in [5.41, 5.74) is 9.95. The van der Waals surface area contributed by atoms with Crippen molar-refractivity contribution in [1.82, 2.24) is 0 Å². The first-order valence-corrected chi connectivity index (χ1v) is 6.71. The van der Waals surface area contributed by atoms with Crippen molar-refractivity contribution in [2.75, 3.05) is 5.73 Å². The summed E-state index contributed by atoms with van der Waals surface area (Å²) in [6, 6.07) is 8.12. The van der Waals surface area contributed by atoms with Gasteiger partial charge in [0, 0.05) is 4.88 Å². The third kappa shape index (κ3) is 1.78. The lowest BCUT2D eigenvalue weighted by molar-refractivity contribution is 0.0703. The number of thiophene rings is 1. The number of hydrogen-bond donors (Lipinski definition) is 2. The van der Waals surface area contributed by atoms with Gasteiger partial charge in [0.25, 0.3) is 0 Å². The largest absolute Gasteiger partial charge is 0.477 e. The van der Waals surface area contributed by atoms with Crippen molar-refractivity contribution in [1.29, 1.82) is 0 Å². The molecule has 0 amide bonds. The van der Waals surface area contributed by atoms with Crippen molar-refractivity contribution in [3.8, 4) is 10.4 Å². The van der Waals surface area contributed by atoms with E-state index in [4.69, 9.17) is 10.8 Å². The van der Waals surface area contributed by atoms with Crippen LogP contribution in [0.2, 0.25) is 0 Å². The summed E-state index contributed by atoms with van der Waals surface area (Å²) >= 11 is 1.24. The van der Waals surface area contributed by atoms with Crippen LogP contribution in [-0.4, -0.2) is 11.1 Å². The molecule has 2 aromatic rings. The van der Waals surface area contributed by atoms with Crippen LogP contribution >= 0.6 is 11.3 Å². The maximum absolute atomic E-state index is 11.0. The molecular formula is C14H13NO2S. The van der Waals surface area contributed by atoms with E-state index in [1.807, 2.05) is 0 Å². The van der Waals surface area contributed by atoms with Crippen LogP contribution in [0.4, 0.5) is 5.69 Å². The minimum absolute atomic E-state index is 0.227. The molecule has 1 aromatic heterocycles. The molecule has 1 aliphatic rings. The Morgan fingerprint density at radius 1 is 1.22 bits per heavy atom. The molecule has 0 bridgehead atoms. The van der Waals surface area contributed by atoms with Crippen molar-refractivity contribution >= 4 is 23.0 Å². The van der Waals surface area contributed by atoms with Crippen LogP contribution in [-0.2, 0) is 12.8 Å². The van der Waals surface area contributed by atoms with E-state index in [-0.39, 0.29) is 4.88 Å². The monoisotopic (exact) mass is 259 g/mol. The van der Waals surface area contributed by atoms with E-state index in [1.54, 1.807) is 6.07 Å². The number of carbonyl (C=O) groups is 1. The topological polar surface area (TPSA) is 63.3 Å². The first-order chi connectivity index (χ1) is 8.65. The molecule has 3 nitrogen and oxygen atoms in total. The number of nitrogen functional groups attached to an aromatic ring is 1. The number of hydrogen-bond acceptors (Lipinski definition) is 3. The van der Waals surface area contributed by atoms with Gasteiger partial charge in [0.1, 0.15) is 4.88 Å². The SMILES string of the molecule is Nc1cc(-c2ccc3c(c2)CCC3)sc1C(=O)O. The zero-order chi connectivity index (χ0) is 12.7. The van der Waals surface area contributed by atoms with Crippen molar-refractivity contribution < 1.29 is 9.90 Å². The highest BCUT2D eigenvalue weighted by Crippen LogP contribution is 2.35. The average Bonchev–Trinajstić information content (AvgIpc) is 2.93. The van der Waals surface area contributed by atoms with Crippen LogP contribution in [0.1, 0.15) is 27.2 Å². The molecule has 0 spiro atoms. The molecule has 0 saturated carbocycles. The molecule has 0 radical (unpaired) electrons. The first-order valence-electron chi connectivity index (χ1n) is 5.90. The van der Waals surface area contributed by atoms with Crippen molar-refractivity contribution in [3.05, 3.63) is 40.3 Å². The molecule has 18 heavy (non-hydrogen) atoms. The minimum Gasteiger partial charge on any atom is -0.477 e. The highest BCUT2D eigenvalue weighted by atomic mass is 32.1. The van der Waals surface area contributed by atoms with Crippen molar-refractivity contribution in [2.24, 2.45) is 0 Å². The summed E-state index contributed by atoms with van der Waals surface area (Å²) in [4.78, 5) is 12.1. The molecule has 0 unspecified atom stereocenters. The Balaban J connectivity index is 2.05. The highest BCUT2D eigenvalue weighted by molar-refractivity contribution is 7.17. The third-order valence-electron chi connectivity index (χ3n) is 3.34. The van der Waals surface area contributed by atoms with Gasteiger partial charge in [-0.1, -0.05) is 18.2 Å². The maximum atomic E-state index is 11.0. The van der Waals surface area contributed by atoms with Gasteiger partial charge in [0.15, 0.2) is 0 Å². The Bertz CT molecular complexity index is 631. The predicted molar refractivity (Wildman–Crippen MR) is 73.2 cm³/mol. The lowest BCUT2D eigenvalue weighted by atomic mass is 10.1. The van der Waals surface area contributed by atoms with Crippen LogP contribution in [0, 0.1) is 0 Å². The maximum Gasteiger partial charge on any atom is 0.348 e. The number of anilines is 1. The van der Waals surface area contributed by atoms with E-state index in [2.05, 4.69) is 18.2 Å². The second-order valence-corrected chi connectivity index (χ2v) is 5.59. The Labute approximate surface area is 109 Å². The summed E-state index contributed by atoms with van der Waals surface area (Å²) < 4.78 is 0. The molecule has 92 valence electrons. The molecule has 0 atom stereocenters. The van der Waals surface area contributed by atoms with Crippen LogP contribution in [0.15, 0.2) is 24.3 Å². The number of nitrogens with two attached hydrogens (primary N) is 1. The molecule has 4 heteroatoms. The molecule has 1 heterocycles. The summed E-state index contributed by atoms with van der Waals surface area (Å²) in [5, 5.41) is 9.01. The zero-order valence-electron chi connectivity index (χ0n) is 9.77. The summed E-state index contributed by atoms with van der Waals surface area (Å²) in [6.45, 7) is 0. The van der Waals surface area contributed by atoms with E-state index in [0.29, 0.717) is 5.69 Å². The van der Waals surface area contributed by atoms with Crippen LogP contribution in [0.3, 0.4) is 0 Å². The standard InChI is InChI=1S/C14H13NO2S/c15-11-7-12(18-13(11)14(16)17)10-5-4-8-2-1-3-9(8)6-10/h4-7H,1-3,15H2,(H,16,17). The number of fused-ring (bicyclic) bond motifs is 1. The lowest BCUT2D eigenvalue weighted by Crippen LogP contribution is -1.96. The predicted octanol–water partition coefficient (Wildman–Crippen LogP) is 3.18. The van der Waals surface area contributed by atoms with Gasteiger partial charge in [0.05, 0.1) is 5.69 Å². The van der Waals surface area contributed by atoms with Gasteiger partial charge < -0.3 is 10.8 Å². The Hall–Kier alpha value is -1.81. The molecule has 3 N–H and O–H groups in total. The van der Waals surface area contributed by atoms with Crippen LogP contribution < -0.4 is 5.73 Å². The van der Waals surface area contributed by atoms with Crippen LogP contribution in [0.5, 0.6) is 0 Å². The third-order valence-corrected chi connectivity index (χ3v) is 4.53. The number of carboxylic acid groups (broad SMARTS) is 1. The fourth-order valence-electron chi connectivity index (χ4n) is 2.44. The molecule has 0 fully saturated rings. The van der Waals surface area contributed by atoms with E-state index in [9.17, 15) is 4.79 Å². The Kier molecular flexibility index (Phi) is 2.59. The average molecular weight is 259 g/mol. The lowest BCUT2D eigenvalue weighted by Gasteiger charge is -2.02. The number of rotatable bonds is 2. The van der Waals surface area contributed by atoms with E-state index in [1.165, 1.54) is 28.9 Å². The van der Waals surface area contributed by atoms with Gasteiger partial charge in [-0.3, -0.25) is 0 Å². The van der Waals surface area contributed by atoms with Gasteiger partial charge in [-0.25, -0.2) is 4.79 Å².